The molecule has 2 N–H and O–H groups in total. The zero-order valence-corrected chi connectivity index (χ0v) is 8.26. The van der Waals surface area contributed by atoms with E-state index in [1.165, 1.54) is 6.92 Å². The maximum atomic E-state index is 12.6. The van der Waals surface area contributed by atoms with E-state index in [1.807, 2.05) is 11.9 Å². The lowest BCUT2D eigenvalue weighted by Gasteiger charge is -2.42. The van der Waals surface area contributed by atoms with Crippen LogP contribution in [0.1, 0.15) is 26.2 Å². The molecule has 1 aliphatic rings. The normalized spacial score (nSPS) is 30.5. The van der Waals surface area contributed by atoms with Gasteiger partial charge < -0.3 is 10.6 Å². The molecule has 4 heteroatoms. The number of likely N-dealkylation sites (N-methyl/N-ethyl adjacent to an activating group) is 1. The number of likely N-dealkylation sites (tertiary alicyclic amines) is 1. The second kappa shape index (κ2) is 3.88. The summed E-state index contributed by atoms with van der Waals surface area (Å²) < 4.78 is 25.2. The number of alkyl halides is 2. The smallest absolute Gasteiger partial charge is 0.257 e. The third kappa shape index (κ3) is 2.17. The van der Waals surface area contributed by atoms with Crippen molar-refractivity contribution in [2.75, 3.05) is 13.6 Å². The molecule has 0 bridgehead atoms. The first kappa shape index (κ1) is 10.9. The zero-order chi connectivity index (χ0) is 10.1. The summed E-state index contributed by atoms with van der Waals surface area (Å²) in [6.07, 6.45) is 0.437. The summed E-state index contributed by atoms with van der Waals surface area (Å²) in [5.41, 5.74) is 4.27. The van der Waals surface area contributed by atoms with Gasteiger partial charge >= 0.3 is 0 Å². The van der Waals surface area contributed by atoms with Gasteiger partial charge in [0.05, 0.1) is 5.54 Å². The number of nitrogens with zero attached hydrogens (tertiary/aromatic N) is 1. The Labute approximate surface area is 78.1 Å². The Morgan fingerprint density at radius 1 is 1.46 bits per heavy atom. The van der Waals surface area contributed by atoms with Crippen LogP contribution in [0.2, 0.25) is 0 Å². The molecule has 2 atom stereocenters. The predicted octanol–water partition coefficient (Wildman–Crippen LogP) is 1.45. The Kier molecular flexibility index (Phi) is 3.24. The minimum atomic E-state index is -2.45. The zero-order valence-electron chi connectivity index (χ0n) is 8.26. The number of hydrogen-bond donors (Lipinski definition) is 1. The van der Waals surface area contributed by atoms with Gasteiger partial charge in [0.25, 0.3) is 6.43 Å². The van der Waals surface area contributed by atoms with Crippen molar-refractivity contribution in [1.82, 2.24) is 4.90 Å². The molecule has 1 heterocycles. The van der Waals surface area contributed by atoms with Crippen LogP contribution in [0.4, 0.5) is 8.78 Å². The molecule has 2 nitrogen and oxygen atoms in total. The van der Waals surface area contributed by atoms with Crippen LogP contribution >= 0.6 is 0 Å². The van der Waals surface area contributed by atoms with Crippen LogP contribution in [0.15, 0.2) is 0 Å². The highest BCUT2D eigenvalue weighted by atomic mass is 19.3. The topological polar surface area (TPSA) is 29.3 Å². The summed E-state index contributed by atoms with van der Waals surface area (Å²) in [6.45, 7) is 2.33. The monoisotopic (exact) mass is 192 g/mol. The molecule has 1 rings (SSSR count). The molecule has 0 saturated carbocycles. The Balaban J connectivity index is 2.67. The Bertz CT molecular complexity index is 171. The van der Waals surface area contributed by atoms with E-state index in [1.54, 1.807) is 0 Å². The van der Waals surface area contributed by atoms with Gasteiger partial charge in [-0.05, 0) is 33.4 Å². The van der Waals surface area contributed by atoms with Crippen molar-refractivity contribution in [2.24, 2.45) is 5.73 Å². The molecule has 0 aliphatic carbocycles. The summed E-state index contributed by atoms with van der Waals surface area (Å²) in [5.74, 6) is 0. The minimum absolute atomic E-state index is 0.179. The van der Waals surface area contributed by atoms with E-state index in [4.69, 9.17) is 5.73 Å². The molecule has 0 radical (unpaired) electrons. The van der Waals surface area contributed by atoms with E-state index in [2.05, 4.69) is 0 Å². The lowest BCUT2D eigenvalue weighted by atomic mass is 9.86. The van der Waals surface area contributed by atoms with E-state index in [0.29, 0.717) is 0 Å². The third-order valence-corrected chi connectivity index (χ3v) is 2.96. The second-order valence-electron chi connectivity index (χ2n) is 4.16. The van der Waals surface area contributed by atoms with Crippen molar-refractivity contribution >= 4 is 0 Å². The first-order valence-corrected chi connectivity index (χ1v) is 4.73. The highest BCUT2D eigenvalue weighted by Gasteiger charge is 2.41. The highest BCUT2D eigenvalue weighted by molar-refractivity contribution is 4.96. The molecule has 13 heavy (non-hydrogen) atoms. The van der Waals surface area contributed by atoms with Crippen LogP contribution in [0, 0.1) is 0 Å². The second-order valence-corrected chi connectivity index (χ2v) is 4.16. The van der Waals surface area contributed by atoms with Gasteiger partial charge in [0.2, 0.25) is 0 Å². The van der Waals surface area contributed by atoms with E-state index >= 15 is 0 Å². The predicted molar refractivity (Wildman–Crippen MR) is 48.9 cm³/mol. The summed E-state index contributed by atoms with van der Waals surface area (Å²) in [6, 6.07) is -0.179. The van der Waals surface area contributed by atoms with Crippen LogP contribution in [0.5, 0.6) is 0 Å². The van der Waals surface area contributed by atoms with Crippen molar-refractivity contribution in [3.63, 3.8) is 0 Å². The molecule has 0 aromatic carbocycles. The molecule has 78 valence electrons. The quantitative estimate of drug-likeness (QED) is 0.717. The van der Waals surface area contributed by atoms with Gasteiger partial charge in [-0.15, -0.1) is 0 Å². The minimum Gasteiger partial charge on any atom is -0.319 e. The maximum Gasteiger partial charge on any atom is 0.257 e. The molecule has 2 unspecified atom stereocenters. The first-order chi connectivity index (χ1) is 5.96. The van der Waals surface area contributed by atoms with Gasteiger partial charge in [0, 0.05) is 6.04 Å². The van der Waals surface area contributed by atoms with Crippen molar-refractivity contribution < 1.29 is 8.78 Å². The molecular formula is C9H18F2N2. The van der Waals surface area contributed by atoms with Crippen molar-refractivity contribution in [1.29, 1.82) is 0 Å². The standard InChI is InChI=1S/C9H18F2N2/c1-9(12,8(10)11)7-5-3-4-6-13(7)2/h7-8H,3-6,12H2,1-2H3. The van der Waals surface area contributed by atoms with E-state index in [0.717, 1.165) is 25.8 Å². The largest absolute Gasteiger partial charge is 0.319 e. The number of halogens is 2. The van der Waals surface area contributed by atoms with Crippen molar-refractivity contribution in [3.8, 4) is 0 Å². The van der Waals surface area contributed by atoms with Crippen LogP contribution < -0.4 is 5.73 Å². The fourth-order valence-corrected chi connectivity index (χ4v) is 2.01. The Hall–Kier alpha value is -0.220. The molecule has 1 saturated heterocycles. The SMILES string of the molecule is CN1CCCCC1C(C)(N)C(F)F. The molecule has 0 aromatic rings. The summed E-state index contributed by atoms with van der Waals surface area (Å²) in [5, 5.41) is 0. The van der Waals surface area contributed by atoms with Crippen molar-refractivity contribution in [2.45, 2.75) is 44.2 Å². The van der Waals surface area contributed by atoms with Crippen LogP contribution in [-0.2, 0) is 0 Å². The molecule has 0 aromatic heterocycles. The van der Waals surface area contributed by atoms with Gasteiger partial charge in [-0.3, -0.25) is 0 Å². The van der Waals surface area contributed by atoms with Crippen LogP contribution in [-0.4, -0.2) is 36.5 Å². The van der Waals surface area contributed by atoms with Gasteiger partial charge in [-0.25, -0.2) is 8.78 Å². The van der Waals surface area contributed by atoms with E-state index in [-0.39, 0.29) is 6.04 Å². The average molecular weight is 192 g/mol. The molecule has 0 amide bonds. The Morgan fingerprint density at radius 2 is 2.08 bits per heavy atom. The molecule has 1 aliphatic heterocycles. The molecular weight excluding hydrogens is 174 g/mol. The highest BCUT2D eigenvalue weighted by Crippen LogP contribution is 2.27. The maximum absolute atomic E-state index is 12.6. The average Bonchev–Trinajstić information content (AvgIpc) is 2.04. The van der Waals surface area contributed by atoms with Gasteiger partial charge in [0.1, 0.15) is 0 Å². The molecule has 1 fully saturated rings. The van der Waals surface area contributed by atoms with E-state index in [9.17, 15) is 8.78 Å². The number of hydrogen-bond acceptors (Lipinski definition) is 2. The van der Waals surface area contributed by atoms with Gasteiger partial charge in [-0.2, -0.15) is 0 Å². The summed E-state index contributed by atoms with van der Waals surface area (Å²) >= 11 is 0. The van der Waals surface area contributed by atoms with Gasteiger partial charge in [-0.1, -0.05) is 6.42 Å². The fourth-order valence-electron chi connectivity index (χ4n) is 2.01. The summed E-state index contributed by atoms with van der Waals surface area (Å²) in [7, 11) is 1.87. The van der Waals surface area contributed by atoms with Crippen LogP contribution in [0.25, 0.3) is 0 Å². The van der Waals surface area contributed by atoms with Crippen LogP contribution in [0.3, 0.4) is 0 Å². The van der Waals surface area contributed by atoms with Crippen molar-refractivity contribution in [3.05, 3.63) is 0 Å². The van der Waals surface area contributed by atoms with Gasteiger partial charge in [0.15, 0.2) is 0 Å². The Morgan fingerprint density at radius 3 is 2.54 bits per heavy atom. The summed E-state index contributed by atoms with van der Waals surface area (Å²) in [4.78, 5) is 1.95. The fraction of sp³-hybridized carbons (Fsp3) is 1.00. The molecule has 0 spiro atoms. The first-order valence-electron chi connectivity index (χ1n) is 4.73. The number of rotatable bonds is 2. The third-order valence-electron chi connectivity index (χ3n) is 2.96. The lowest BCUT2D eigenvalue weighted by Crippen LogP contribution is -2.61. The number of piperidine rings is 1. The number of nitrogens with two attached hydrogens (primary N) is 1. The van der Waals surface area contributed by atoms with E-state index < -0.39 is 12.0 Å². The lowest BCUT2D eigenvalue weighted by molar-refractivity contribution is -0.00425.